The van der Waals surface area contributed by atoms with Crippen molar-refractivity contribution < 1.29 is 9.59 Å². The molecule has 0 spiro atoms. The molecule has 1 rings (SSSR count). The van der Waals surface area contributed by atoms with E-state index in [0.717, 1.165) is 18.4 Å². The van der Waals surface area contributed by atoms with E-state index in [4.69, 9.17) is 11.5 Å². The molecule has 0 unspecified atom stereocenters. The monoisotopic (exact) mass is 291 g/mol. The topological polar surface area (TPSA) is 98.2 Å². The normalized spacial score (nSPS) is 11.2. The van der Waals surface area contributed by atoms with E-state index in [2.05, 4.69) is 19.2 Å². The van der Waals surface area contributed by atoms with Gasteiger partial charge in [0.25, 0.3) is 0 Å². The lowest BCUT2D eigenvalue weighted by molar-refractivity contribution is -0.121. The van der Waals surface area contributed by atoms with Gasteiger partial charge < -0.3 is 16.8 Å². The van der Waals surface area contributed by atoms with Gasteiger partial charge >= 0.3 is 0 Å². The fourth-order valence-corrected chi connectivity index (χ4v) is 2.09. The van der Waals surface area contributed by atoms with Crippen LogP contribution in [-0.2, 0) is 11.3 Å². The van der Waals surface area contributed by atoms with Crippen LogP contribution in [0.5, 0.6) is 0 Å². The van der Waals surface area contributed by atoms with Crippen LogP contribution in [0.3, 0.4) is 0 Å². The molecular formula is C16H25N3O2. The third-order valence-corrected chi connectivity index (χ3v) is 3.55. The Morgan fingerprint density at radius 2 is 1.95 bits per heavy atom. The van der Waals surface area contributed by atoms with E-state index in [1.807, 2.05) is 6.07 Å². The van der Waals surface area contributed by atoms with Crippen molar-refractivity contribution in [3.05, 3.63) is 35.4 Å². The summed E-state index contributed by atoms with van der Waals surface area (Å²) in [5, 5.41) is 2.86. The van der Waals surface area contributed by atoms with Gasteiger partial charge in [-0.25, -0.2) is 0 Å². The molecule has 0 aliphatic rings. The molecule has 21 heavy (non-hydrogen) atoms. The van der Waals surface area contributed by atoms with Crippen LogP contribution >= 0.6 is 0 Å². The third kappa shape index (κ3) is 6.40. The summed E-state index contributed by atoms with van der Waals surface area (Å²) < 4.78 is 0. The van der Waals surface area contributed by atoms with Gasteiger partial charge in [0, 0.05) is 18.5 Å². The van der Waals surface area contributed by atoms with Crippen LogP contribution in [0.15, 0.2) is 24.3 Å². The van der Waals surface area contributed by atoms with Gasteiger partial charge in [0.15, 0.2) is 0 Å². The Morgan fingerprint density at radius 1 is 1.24 bits per heavy atom. The average Bonchev–Trinajstić information content (AvgIpc) is 2.43. The van der Waals surface area contributed by atoms with Gasteiger partial charge in [-0.1, -0.05) is 26.0 Å². The average molecular weight is 291 g/mol. The zero-order valence-corrected chi connectivity index (χ0v) is 12.8. The fourth-order valence-electron chi connectivity index (χ4n) is 2.09. The molecule has 0 saturated heterocycles. The zero-order valence-electron chi connectivity index (χ0n) is 12.8. The number of nitrogens with two attached hydrogens (primary N) is 2. The number of rotatable bonds is 8. The highest BCUT2D eigenvalue weighted by atomic mass is 16.1. The number of hydrogen-bond donors (Lipinski definition) is 3. The van der Waals surface area contributed by atoms with Gasteiger partial charge in [-0.15, -0.1) is 0 Å². The third-order valence-electron chi connectivity index (χ3n) is 3.55. The number of carbonyl (C=O) groups excluding carboxylic acids is 2. The van der Waals surface area contributed by atoms with Crippen LogP contribution in [0, 0.1) is 5.41 Å². The van der Waals surface area contributed by atoms with Gasteiger partial charge in [0.2, 0.25) is 11.8 Å². The number of nitrogens with one attached hydrogen (secondary N) is 1. The van der Waals surface area contributed by atoms with E-state index in [-0.39, 0.29) is 11.3 Å². The minimum Gasteiger partial charge on any atom is -0.366 e. The second kappa shape index (κ2) is 7.78. The first-order valence-electron chi connectivity index (χ1n) is 7.19. The summed E-state index contributed by atoms with van der Waals surface area (Å²) in [6.07, 6.45) is 2.18. The van der Waals surface area contributed by atoms with Crippen molar-refractivity contribution in [3.8, 4) is 0 Å². The molecule has 0 aliphatic heterocycles. The molecule has 2 amide bonds. The van der Waals surface area contributed by atoms with E-state index >= 15 is 0 Å². The summed E-state index contributed by atoms with van der Waals surface area (Å²) in [6, 6.07) is 6.96. The predicted molar refractivity (Wildman–Crippen MR) is 83.5 cm³/mol. The smallest absolute Gasteiger partial charge is 0.248 e. The van der Waals surface area contributed by atoms with Crippen molar-refractivity contribution in [1.29, 1.82) is 0 Å². The molecule has 0 atom stereocenters. The van der Waals surface area contributed by atoms with Crippen LogP contribution in [0.25, 0.3) is 0 Å². The minimum atomic E-state index is -0.466. The van der Waals surface area contributed by atoms with E-state index in [1.54, 1.807) is 18.2 Å². The SMILES string of the molecule is CC(C)(CCN)CCC(=O)NCc1cccc(C(N)=O)c1. The van der Waals surface area contributed by atoms with Gasteiger partial charge in [-0.3, -0.25) is 9.59 Å². The van der Waals surface area contributed by atoms with E-state index in [0.29, 0.717) is 25.1 Å². The first kappa shape index (κ1) is 17.2. The molecule has 5 nitrogen and oxygen atoms in total. The molecule has 116 valence electrons. The predicted octanol–water partition coefficient (Wildman–Crippen LogP) is 1.56. The maximum Gasteiger partial charge on any atom is 0.248 e. The van der Waals surface area contributed by atoms with Crippen LogP contribution in [-0.4, -0.2) is 18.4 Å². The summed E-state index contributed by atoms with van der Waals surface area (Å²) in [6.45, 7) is 5.26. The van der Waals surface area contributed by atoms with Crippen molar-refractivity contribution in [3.63, 3.8) is 0 Å². The van der Waals surface area contributed by atoms with Crippen LogP contribution < -0.4 is 16.8 Å². The molecule has 5 heteroatoms. The maximum absolute atomic E-state index is 11.9. The Morgan fingerprint density at radius 3 is 2.57 bits per heavy atom. The number of primary amides is 1. The number of amides is 2. The fraction of sp³-hybridized carbons (Fsp3) is 0.500. The summed E-state index contributed by atoms with van der Waals surface area (Å²) in [5.74, 6) is -0.462. The van der Waals surface area contributed by atoms with Gasteiger partial charge in [0.05, 0.1) is 0 Å². The van der Waals surface area contributed by atoms with E-state index < -0.39 is 5.91 Å². The molecule has 0 heterocycles. The summed E-state index contributed by atoms with van der Waals surface area (Å²) in [4.78, 5) is 22.9. The van der Waals surface area contributed by atoms with Crippen molar-refractivity contribution in [1.82, 2.24) is 5.32 Å². The quantitative estimate of drug-likeness (QED) is 0.677. The van der Waals surface area contributed by atoms with E-state index in [1.165, 1.54) is 0 Å². The number of benzene rings is 1. The maximum atomic E-state index is 11.9. The first-order valence-corrected chi connectivity index (χ1v) is 7.19. The highest BCUT2D eigenvalue weighted by Gasteiger charge is 2.18. The molecule has 0 aliphatic carbocycles. The molecule has 1 aromatic carbocycles. The second-order valence-corrected chi connectivity index (χ2v) is 6.04. The summed E-state index contributed by atoms with van der Waals surface area (Å²) >= 11 is 0. The Hall–Kier alpha value is -1.88. The molecule has 0 saturated carbocycles. The molecule has 0 bridgehead atoms. The first-order chi connectivity index (χ1) is 9.84. The highest BCUT2D eigenvalue weighted by molar-refractivity contribution is 5.92. The Balaban J connectivity index is 2.43. The van der Waals surface area contributed by atoms with Crippen LogP contribution in [0.2, 0.25) is 0 Å². The number of hydrogen-bond acceptors (Lipinski definition) is 3. The standard InChI is InChI=1S/C16H25N3O2/c1-16(2,8-9-17)7-6-14(20)19-11-12-4-3-5-13(10-12)15(18)21/h3-5,10H,6-9,11,17H2,1-2H3,(H2,18,21)(H,19,20). The molecule has 0 radical (unpaired) electrons. The van der Waals surface area contributed by atoms with Crippen LogP contribution in [0.4, 0.5) is 0 Å². The molecular weight excluding hydrogens is 266 g/mol. The van der Waals surface area contributed by atoms with Crippen molar-refractivity contribution >= 4 is 11.8 Å². The Kier molecular flexibility index (Phi) is 6.37. The highest BCUT2D eigenvalue weighted by Crippen LogP contribution is 2.25. The van der Waals surface area contributed by atoms with Gasteiger partial charge in [0.1, 0.15) is 0 Å². The minimum absolute atomic E-state index is 0.00424. The molecule has 5 N–H and O–H groups in total. The second-order valence-electron chi connectivity index (χ2n) is 6.04. The van der Waals surface area contributed by atoms with Crippen molar-refractivity contribution in [2.75, 3.05) is 6.54 Å². The lowest BCUT2D eigenvalue weighted by Crippen LogP contribution is -2.25. The van der Waals surface area contributed by atoms with Gasteiger partial charge in [-0.05, 0) is 42.5 Å². The van der Waals surface area contributed by atoms with E-state index in [9.17, 15) is 9.59 Å². The van der Waals surface area contributed by atoms with Crippen molar-refractivity contribution in [2.24, 2.45) is 16.9 Å². The zero-order chi connectivity index (χ0) is 15.9. The Labute approximate surface area is 126 Å². The lowest BCUT2D eigenvalue weighted by atomic mass is 9.84. The molecule has 0 fully saturated rings. The molecule has 0 aromatic heterocycles. The van der Waals surface area contributed by atoms with Gasteiger partial charge in [-0.2, -0.15) is 0 Å². The number of carbonyl (C=O) groups is 2. The summed E-state index contributed by atoms with van der Waals surface area (Å²) in [5.41, 5.74) is 12.2. The Bertz CT molecular complexity index is 498. The molecule has 1 aromatic rings. The van der Waals surface area contributed by atoms with Crippen LogP contribution in [0.1, 0.15) is 49.0 Å². The van der Waals surface area contributed by atoms with Crippen molar-refractivity contribution in [2.45, 2.75) is 39.7 Å². The lowest BCUT2D eigenvalue weighted by Gasteiger charge is -2.23. The summed E-state index contributed by atoms with van der Waals surface area (Å²) in [7, 11) is 0. The largest absolute Gasteiger partial charge is 0.366 e.